The molecule has 42 heavy (non-hydrogen) atoms. The highest BCUT2D eigenvalue weighted by Crippen LogP contribution is 2.33. The van der Waals surface area contributed by atoms with Gasteiger partial charge in [0.05, 0.1) is 24.8 Å². The van der Waals surface area contributed by atoms with E-state index >= 15 is 0 Å². The summed E-state index contributed by atoms with van der Waals surface area (Å²) in [4.78, 5) is 45.2. The van der Waals surface area contributed by atoms with E-state index in [4.69, 9.17) is 9.47 Å². The summed E-state index contributed by atoms with van der Waals surface area (Å²) >= 11 is 0. The molecule has 3 aliphatic heterocycles. The lowest BCUT2D eigenvalue weighted by atomic mass is 9.98. The molecule has 5 rings (SSSR count). The van der Waals surface area contributed by atoms with E-state index in [0.717, 1.165) is 17.7 Å². The summed E-state index contributed by atoms with van der Waals surface area (Å²) in [6, 6.07) is 10.4. The quantitative estimate of drug-likeness (QED) is 0.415. The van der Waals surface area contributed by atoms with Crippen LogP contribution < -0.4 is 20.7 Å². The molecule has 0 saturated carbocycles. The van der Waals surface area contributed by atoms with Gasteiger partial charge in [-0.25, -0.2) is 4.39 Å². The number of para-hydroxylation sites is 1. The van der Waals surface area contributed by atoms with Crippen molar-refractivity contribution in [1.82, 2.24) is 25.8 Å². The van der Waals surface area contributed by atoms with Crippen molar-refractivity contribution in [2.45, 2.75) is 63.0 Å². The van der Waals surface area contributed by atoms with Crippen LogP contribution in [0.5, 0.6) is 5.75 Å². The van der Waals surface area contributed by atoms with E-state index in [1.807, 2.05) is 31.2 Å². The van der Waals surface area contributed by atoms with Crippen LogP contribution in [0.2, 0.25) is 0 Å². The number of benzene rings is 2. The number of nitrogens with one attached hydrogen (secondary N) is 3. The lowest BCUT2D eigenvalue weighted by molar-refractivity contribution is -0.148. The standard InChI is InChI=1S/C31H40FN5O5/c1-4-41-23-15-22-16-37(31(40)28(35-29(38)19(2)33-3)20-9-11-21(32)12-10-20)26(18-36(22)17-23)30(39)34-25-13-14-42-27-8-6-5-7-24(25)27/h5-12,19,22-23,25-26,28,33H,4,13-18H2,1-3H3,(H,34,39)(H,35,38)/t19-,22?,23?,25+,26?,28-/m0/s1. The van der Waals surface area contributed by atoms with Gasteiger partial charge in [-0.15, -0.1) is 0 Å². The normalized spacial score (nSPS) is 25.0. The van der Waals surface area contributed by atoms with Crippen LogP contribution >= 0.6 is 0 Å². The highest BCUT2D eigenvalue weighted by Gasteiger charge is 2.46. The Hall–Kier alpha value is -3.54. The lowest BCUT2D eigenvalue weighted by Crippen LogP contribution is -2.64. The predicted octanol–water partition coefficient (Wildman–Crippen LogP) is 1.92. The van der Waals surface area contributed by atoms with Crippen LogP contribution in [0.4, 0.5) is 4.39 Å². The Balaban J connectivity index is 1.44. The fraction of sp³-hybridized carbons (Fsp3) is 0.516. The van der Waals surface area contributed by atoms with Gasteiger partial charge >= 0.3 is 0 Å². The van der Waals surface area contributed by atoms with Crippen molar-refractivity contribution in [3.8, 4) is 5.75 Å². The molecule has 0 aliphatic carbocycles. The van der Waals surface area contributed by atoms with Crippen LogP contribution in [0, 0.1) is 5.82 Å². The third kappa shape index (κ3) is 6.43. The molecule has 10 nitrogen and oxygen atoms in total. The van der Waals surface area contributed by atoms with Gasteiger partial charge in [0.2, 0.25) is 11.8 Å². The number of nitrogens with zero attached hydrogens (tertiary/aromatic N) is 2. The second-order valence-electron chi connectivity index (χ2n) is 11.2. The van der Waals surface area contributed by atoms with Crippen LogP contribution in [0.3, 0.4) is 0 Å². The molecule has 2 fully saturated rings. The molecule has 3 unspecified atom stereocenters. The van der Waals surface area contributed by atoms with E-state index in [0.29, 0.717) is 44.8 Å². The van der Waals surface area contributed by atoms with Gasteiger partial charge < -0.3 is 30.3 Å². The number of carbonyl (C=O) groups excluding carboxylic acids is 3. The maximum atomic E-state index is 14.4. The monoisotopic (exact) mass is 581 g/mol. The summed E-state index contributed by atoms with van der Waals surface area (Å²) in [5.74, 6) is -0.768. The van der Waals surface area contributed by atoms with Gasteiger partial charge in [-0.05, 0) is 51.1 Å². The molecule has 0 radical (unpaired) electrons. The highest BCUT2D eigenvalue weighted by molar-refractivity contribution is 5.94. The minimum Gasteiger partial charge on any atom is -0.493 e. The Labute approximate surface area is 245 Å². The number of likely N-dealkylation sites (N-methyl/N-ethyl adjacent to an activating group) is 1. The zero-order valence-electron chi connectivity index (χ0n) is 24.3. The Morgan fingerprint density at radius 3 is 2.60 bits per heavy atom. The number of rotatable bonds is 9. The number of ether oxygens (including phenoxy) is 2. The van der Waals surface area contributed by atoms with Gasteiger partial charge in [0.1, 0.15) is 23.7 Å². The average molecular weight is 582 g/mol. The predicted molar refractivity (Wildman–Crippen MR) is 154 cm³/mol. The Bertz CT molecular complexity index is 1280. The van der Waals surface area contributed by atoms with Crippen LogP contribution in [0.15, 0.2) is 48.5 Å². The molecule has 2 aromatic rings. The molecule has 2 aromatic carbocycles. The molecule has 226 valence electrons. The number of hydrogen-bond donors (Lipinski definition) is 3. The van der Waals surface area contributed by atoms with Crippen molar-refractivity contribution in [1.29, 1.82) is 0 Å². The first kappa shape index (κ1) is 29.9. The summed E-state index contributed by atoms with van der Waals surface area (Å²) in [6.07, 6.45) is 1.37. The van der Waals surface area contributed by atoms with Gasteiger partial charge in [0.25, 0.3) is 5.91 Å². The molecule has 0 aromatic heterocycles. The van der Waals surface area contributed by atoms with Gasteiger partial charge in [-0.3, -0.25) is 19.3 Å². The van der Waals surface area contributed by atoms with E-state index < -0.39 is 29.8 Å². The average Bonchev–Trinajstić information content (AvgIpc) is 3.40. The highest BCUT2D eigenvalue weighted by atomic mass is 19.1. The first-order valence-corrected chi connectivity index (χ1v) is 14.7. The van der Waals surface area contributed by atoms with Crippen molar-refractivity contribution in [2.75, 3.05) is 39.9 Å². The fourth-order valence-electron chi connectivity index (χ4n) is 6.12. The van der Waals surface area contributed by atoms with Crippen LogP contribution in [0.25, 0.3) is 0 Å². The number of hydrogen-bond acceptors (Lipinski definition) is 7. The molecule has 3 N–H and O–H groups in total. The topological polar surface area (TPSA) is 112 Å². The fourth-order valence-corrected chi connectivity index (χ4v) is 6.12. The minimum atomic E-state index is -1.09. The minimum absolute atomic E-state index is 0.0131. The molecule has 3 heterocycles. The summed E-state index contributed by atoms with van der Waals surface area (Å²) < 4.78 is 25.5. The zero-order valence-corrected chi connectivity index (χ0v) is 24.3. The Morgan fingerprint density at radius 1 is 1.10 bits per heavy atom. The third-order valence-electron chi connectivity index (χ3n) is 8.51. The van der Waals surface area contributed by atoms with Crippen molar-refractivity contribution < 1.29 is 28.2 Å². The molecular formula is C31H40FN5O5. The molecular weight excluding hydrogens is 541 g/mol. The van der Waals surface area contributed by atoms with Crippen molar-refractivity contribution in [2.24, 2.45) is 0 Å². The van der Waals surface area contributed by atoms with E-state index in [2.05, 4.69) is 20.9 Å². The third-order valence-corrected chi connectivity index (χ3v) is 8.51. The number of halogens is 1. The van der Waals surface area contributed by atoms with Gasteiger partial charge in [-0.2, -0.15) is 0 Å². The van der Waals surface area contributed by atoms with Crippen molar-refractivity contribution in [3.63, 3.8) is 0 Å². The summed E-state index contributed by atoms with van der Waals surface area (Å²) in [5.41, 5.74) is 1.34. The van der Waals surface area contributed by atoms with Crippen molar-refractivity contribution in [3.05, 3.63) is 65.5 Å². The maximum Gasteiger partial charge on any atom is 0.250 e. The maximum absolute atomic E-state index is 14.4. The second-order valence-corrected chi connectivity index (χ2v) is 11.2. The van der Waals surface area contributed by atoms with Crippen molar-refractivity contribution >= 4 is 17.7 Å². The smallest absolute Gasteiger partial charge is 0.250 e. The van der Waals surface area contributed by atoms with Crippen LogP contribution in [0.1, 0.15) is 49.9 Å². The molecule has 0 bridgehead atoms. The van der Waals surface area contributed by atoms with E-state index in [9.17, 15) is 18.8 Å². The summed E-state index contributed by atoms with van der Waals surface area (Å²) in [7, 11) is 1.65. The van der Waals surface area contributed by atoms with Gasteiger partial charge in [0, 0.05) is 44.3 Å². The number of carbonyl (C=O) groups is 3. The lowest BCUT2D eigenvalue weighted by Gasteiger charge is -2.44. The van der Waals surface area contributed by atoms with Crippen LogP contribution in [-0.2, 0) is 19.1 Å². The van der Waals surface area contributed by atoms with E-state index in [1.54, 1.807) is 18.9 Å². The van der Waals surface area contributed by atoms with Gasteiger partial charge in [-0.1, -0.05) is 30.3 Å². The Morgan fingerprint density at radius 2 is 1.86 bits per heavy atom. The molecule has 3 aliphatic rings. The molecule has 3 amide bonds. The molecule has 2 saturated heterocycles. The SMILES string of the molecule is CCOC1CC2CN(C(=O)[C@@H](NC(=O)[C@H](C)NC)c3ccc(F)cc3)C(C(=O)N[C@@H]3CCOc4ccccc43)CN2C1. The molecule has 6 atom stereocenters. The molecule has 0 spiro atoms. The van der Waals surface area contributed by atoms with Gasteiger partial charge in [0.15, 0.2) is 0 Å². The number of amides is 3. The number of piperazine rings is 1. The molecule has 11 heteroatoms. The Kier molecular flexibility index (Phi) is 9.40. The second kappa shape index (κ2) is 13.2. The zero-order chi connectivity index (χ0) is 29.8. The number of fused-ring (bicyclic) bond motifs is 2. The van der Waals surface area contributed by atoms with E-state index in [1.165, 1.54) is 24.3 Å². The first-order chi connectivity index (χ1) is 20.3. The van der Waals surface area contributed by atoms with Crippen LogP contribution in [-0.4, -0.2) is 91.6 Å². The summed E-state index contributed by atoms with van der Waals surface area (Å²) in [6.45, 7) is 6.03. The largest absolute Gasteiger partial charge is 0.493 e. The van der Waals surface area contributed by atoms with E-state index in [-0.39, 0.29) is 30.0 Å². The first-order valence-electron chi connectivity index (χ1n) is 14.7. The summed E-state index contributed by atoms with van der Waals surface area (Å²) in [5, 5.41) is 8.91.